The molecule has 3 rings (SSSR count). The molecule has 2 heterocycles. The van der Waals surface area contributed by atoms with E-state index < -0.39 is 15.6 Å². The largest absolute Gasteiger partial charge is 0.339 e. The first-order valence-corrected chi connectivity index (χ1v) is 12.7. The smallest absolute Gasteiger partial charge is 0.254 e. The Morgan fingerprint density at radius 3 is 2.53 bits per heavy atom. The number of hydrogen-bond acceptors (Lipinski definition) is 6. The normalized spacial score (nSPS) is 20.0. The standard InChI is InChI=1S/C21H32N4O4S/c1-14(2)20-22-19(29-23-20)9-8-18(26)24-30(4,28)16-10-12-25(13-11-16)21(27)17-7-5-6-15(17)3/h14,16H,5-13H2,1-4H3. The van der Waals surface area contributed by atoms with Crippen LogP contribution in [0.5, 0.6) is 0 Å². The highest BCUT2D eigenvalue weighted by atomic mass is 32.2. The summed E-state index contributed by atoms with van der Waals surface area (Å²) in [5, 5.41) is 3.70. The molecule has 2 aliphatic rings. The van der Waals surface area contributed by atoms with Gasteiger partial charge in [-0.15, -0.1) is 0 Å². The van der Waals surface area contributed by atoms with Crippen LogP contribution in [0, 0.1) is 0 Å². The molecule has 2 amide bonds. The van der Waals surface area contributed by atoms with Crippen LogP contribution in [-0.4, -0.2) is 55.7 Å². The number of carbonyl (C=O) groups excluding carboxylic acids is 2. The Morgan fingerprint density at radius 2 is 1.97 bits per heavy atom. The van der Waals surface area contributed by atoms with Crippen molar-refractivity contribution in [1.82, 2.24) is 15.0 Å². The van der Waals surface area contributed by atoms with Crippen molar-refractivity contribution < 1.29 is 18.3 Å². The highest BCUT2D eigenvalue weighted by molar-refractivity contribution is 7.93. The molecule has 0 bridgehead atoms. The highest BCUT2D eigenvalue weighted by Gasteiger charge is 2.31. The van der Waals surface area contributed by atoms with Gasteiger partial charge in [-0.2, -0.15) is 9.35 Å². The van der Waals surface area contributed by atoms with Crippen LogP contribution >= 0.6 is 0 Å². The molecule has 1 aromatic rings. The molecule has 166 valence electrons. The van der Waals surface area contributed by atoms with Crippen molar-refractivity contribution in [3.05, 3.63) is 22.9 Å². The zero-order valence-corrected chi connectivity index (χ0v) is 19.2. The summed E-state index contributed by atoms with van der Waals surface area (Å²) in [6.07, 6.45) is 6.06. The van der Waals surface area contributed by atoms with Gasteiger partial charge in [0.1, 0.15) is 0 Å². The zero-order valence-electron chi connectivity index (χ0n) is 18.3. The molecule has 1 aliphatic carbocycles. The van der Waals surface area contributed by atoms with Gasteiger partial charge in [-0.05, 0) is 39.0 Å². The van der Waals surface area contributed by atoms with E-state index in [1.807, 2.05) is 25.7 Å². The fourth-order valence-electron chi connectivity index (χ4n) is 4.01. The minimum absolute atomic E-state index is 0.0926. The third kappa shape index (κ3) is 5.36. The maximum atomic E-state index is 13.1. The van der Waals surface area contributed by atoms with Crippen LogP contribution in [0.25, 0.3) is 0 Å². The molecule has 1 aliphatic heterocycles. The zero-order chi connectivity index (χ0) is 21.9. The lowest BCUT2D eigenvalue weighted by molar-refractivity contribution is -0.128. The third-order valence-corrected chi connectivity index (χ3v) is 8.21. The molecule has 1 saturated heterocycles. The van der Waals surface area contributed by atoms with Crippen molar-refractivity contribution in [3.8, 4) is 0 Å². The van der Waals surface area contributed by atoms with Crippen LogP contribution in [-0.2, 0) is 25.7 Å². The van der Waals surface area contributed by atoms with Gasteiger partial charge in [0.05, 0.1) is 9.73 Å². The fourth-order valence-corrected chi connectivity index (χ4v) is 5.74. The Bertz CT molecular complexity index is 948. The molecule has 1 aromatic heterocycles. The van der Waals surface area contributed by atoms with Gasteiger partial charge >= 0.3 is 0 Å². The van der Waals surface area contributed by atoms with Crippen molar-refractivity contribution in [2.24, 2.45) is 4.36 Å². The lowest BCUT2D eigenvalue weighted by Gasteiger charge is -2.32. The molecule has 9 heteroatoms. The van der Waals surface area contributed by atoms with Gasteiger partial charge < -0.3 is 9.42 Å². The molecular formula is C21H32N4O4S. The van der Waals surface area contributed by atoms with Crippen LogP contribution in [0.2, 0.25) is 0 Å². The Balaban J connectivity index is 1.54. The summed E-state index contributed by atoms with van der Waals surface area (Å²) in [6, 6.07) is 0. The van der Waals surface area contributed by atoms with E-state index in [1.54, 1.807) is 6.26 Å². The van der Waals surface area contributed by atoms with Gasteiger partial charge in [-0.1, -0.05) is 24.6 Å². The number of hydrogen-bond donors (Lipinski definition) is 0. The molecule has 8 nitrogen and oxygen atoms in total. The molecule has 1 fully saturated rings. The number of allylic oxidation sites excluding steroid dienone is 1. The van der Waals surface area contributed by atoms with Gasteiger partial charge in [0.15, 0.2) is 5.82 Å². The number of aryl methyl sites for hydroxylation is 1. The molecule has 0 spiro atoms. The molecule has 0 saturated carbocycles. The predicted molar refractivity (Wildman–Crippen MR) is 114 cm³/mol. The SMILES string of the molecule is CC1=C(C(=O)N2CCC(S(C)(=O)=NC(=O)CCc3nc(C(C)C)no3)CC2)CCC1. The summed E-state index contributed by atoms with van der Waals surface area (Å²) >= 11 is 0. The van der Waals surface area contributed by atoms with Crippen LogP contribution in [0.3, 0.4) is 0 Å². The first-order valence-electron chi connectivity index (χ1n) is 10.7. The molecule has 1 atom stereocenters. The van der Waals surface area contributed by atoms with Gasteiger partial charge in [0.25, 0.3) is 5.91 Å². The molecule has 30 heavy (non-hydrogen) atoms. The Morgan fingerprint density at radius 1 is 1.27 bits per heavy atom. The number of carbonyl (C=O) groups is 2. The minimum Gasteiger partial charge on any atom is -0.339 e. The number of aromatic nitrogens is 2. The molecule has 1 unspecified atom stereocenters. The average molecular weight is 437 g/mol. The molecule has 0 aromatic carbocycles. The first kappa shape index (κ1) is 22.7. The van der Waals surface area contributed by atoms with Crippen LogP contribution < -0.4 is 0 Å². The predicted octanol–water partition coefficient (Wildman–Crippen LogP) is 3.24. The van der Waals surface area contributed by atoms with Crippen LogP contribution in [0.1, 0.15) is 76.9 Å². The lowest BCUT2D eigenvalue weighted by Crippen LogP contribution is -2.42. The quantitative estimate of drug-likeness (QED) is 0.678. The van der Waals surface area contributed by atoms with Crippen LogP contribution in [0.15, 0.2) is 20.0 Å². The summed E-state index contributed by atoms with van der Waals surface area (Å²) in [4.78, 5) is 31.1. The third-order valence-electron chi connectivity index (χ3n) is 5.94. The fraction of sp³-hybridized carbons (Fsp3) is 0.714. The maximum absolute atomic E-state index is 13.1. The minimum atomic E-state index is -2.67. The van der Waals surface area contributed by atoms with E-state index in [0.29, 0.717) is 44.1 Å². The number of rotatable bonds is 6. The van der Waals surface area contributed by atoms with Crippen molar-refractivity contribution in [3.63, 3.8) is 0 Å². The van der Waals surface area contributed by atoms with E-state index in [0.717, 1.165) is 24.8 Å². The number of amides is 2. The van der Waals surface area contributed by atoms with Gasteiger partial charge in [-0.25, -0.2) is 4.21 Å². The van der Waals surface area contributed by atoms with E-state index in [4.69, 9.17) is 4.52 Å². The molecule has 0 N–H and O–H groups in total. The molecule has 0 radical (unpaired) electrons. The number of likely N-dealkylation sites (tertiary alicyclic amines) is 1. The van der Waals surface area contributed by atoms with Gasteiger partial charge in [0, 0.05) is 48.9 Å². The van der Waals surface area contributed by atoms with Gasteiger partial charge in [0.2, 0.25) is 11.8 Å². The van der Waals surface area contributed by atoms with Crippen LogP contribution in [0.4, 0.5) is 0 Å². The second-order valence-electron chi connectivity index (χ2n) is 8.65. The van der Waals surface area contributed by atoms with Crippen molar-refractivity contribution >= 4 is 21.5 Å². The van der Waals surface area contributed by atoms with E-state index in [-0.39, 0.29) is 23.5 Å². The summed E-state index contributed by atoms with van der Waals surface area (Å²) in [5.41, 5.74) is 2.15. The lowest BCUT2D eigenvalue weighted by atomic mass is 10.1. The second kappa shape index (κ2) is 9.41. The van der Waals surface area contributed by atoms with E-state index in [1.165, 1.54) is 5.57 Å². The summed E-state index contributed by atoms with van der Waals surface area (Å²) in [7, 11) is -2.67. The maximum Gasteiger partial charge on any atom is 0.254 e. The second-order valence-corrected chi connectivity index (χ2v) is 11.2. The first-order chi connectivity index (χ1) is 14.2. The molecular weight excluding hydrogens is 404 g/mol. The van der Waals surface area contributed by atoms with Gasteiger partial charge in [-0.3, -0.25) is 9.59 Å². The Kier molecular flexibility index (Phi) is 7.10. The summed E-state index contributed by atoms with van der Waals surface area (Å²) < 4.78 is 22.3. The van der Waals surface area contributed by atoms with Crippen molar-refractivity contribution in [1.29, 1.82) is 0 Å². The summed E-state index contributed by atoms with van der Waals surface area (Å²) in [6.45, 7) is 7.09. The Labute approximate surface area is 178 Å². The van der Waals surface area contributed by atoms with Crippen molar-refractivity contribution in [2.75, 3.05) is 19.3 Å². The monoisotopic (exact) mass is 436 g/mol. The summed E-state index contributed by atoms with van der Waals surface area (Å²) in [5.74, 6) is 0.882. The van der Waals surface area contributed by atoms with E-state index >= 15 is 0 Å². The average Bonchev–Trinajstić information content (AvgIpc) is 3.35. The Hall–Kier alpha value is -2.03. The number of nitrogens with zero attached hydrogens (tertiary/aromatic N) is 4. The topological polar surface area (TPSA) is 106 Å². The van der Waals surface area contributed by atoms with E-state index in [9.17, 15) is 13.8 Å². The van der Waals surface area contributed by atoms with Crippen molar-refractivity contribution in [2.45, 2.75) is 76.9 Å². The van der Waals surface area contributed by atoms with E-state index in [2.05, 4.69) is 14.5 Å². The number of piperidine rings is 1. The highest BCUT2D eigenvalue weighted by Crippen LogP contribution is 2.29.